The Kier molecular flexibility index (Phi) is 3.53. The van der Waals surface area contributed by atoms with Gasteiger partial charge in [0.05, 0.1) is 24.0 Å². The Labute approximate surface area is 108 Å². The number of methoxy groups -OCH3 is 1. The summed E-state index contributed by atoms with van der Waals surface area (Å²) in [5, 5.41) is 0.431. The minimum absolute atomic E-state index is 0.0502. The van der Waals surface area contributed by atoms with Crippen molar-refractivity contribution in [3.63, 3.8) is 0 Å². The summed E-state index contributed by atoms with van der Waals surface area (Å²) in [5.41, 5.74) is 5.82. The molecule has 0 unspecified atom stereocenters. The van der Waals surface area contributed by atoms with Crippen LogP contribution in [0.3, 0.4) is 0 Å². The van der Waals surface area contributed by atoms with Gasteiger partial charge < -0.3 is 15.2 Å². The highest BCUT2D eigenvalue weighted by atomic mass is 35.5. The van der Waals surface area contributed by atoms with Gasteiger partial charge in [-0.2, -0.15) is 0 Å². The SMILES string of the molecule is COc1cc(Oc2cncc(Cl)c2)c(N)cc1F. The summed E-state index contributed by atoms with van der Waals surface area (Å²) in [5.74, 6) is 0.181. The van der Waals surface area contributed by atoms with E-state index in [-0.39, 0.29) is 17.2 Å². The molecule has 18 heavy (non-hydrogen) atoms. The van der Waals surface area contributed by atoms with Crippen molar-refractivity contribution in [2.45, 2.75) is 0 Å². The zero-order valence-electron chi connectivity index (χ0n) is 9.48. The number of nitrogen functional groups attached to an aromatic ring is 1. The van der Waals surface area contributed by atoms with E-state index < -0.39 is 5.82 Å². The lowest BCUT2D eigenvalue weighted by atomic mass is 10.2. The van der Waals surface area contributed by atoms with Gasteiger partial charge in [-0.25, -0.2) is 4.39 Å². The van der Waals surface area contributed by atoms with Gasteiger partial charge in [0, 0.05) is 24.4 Å². The lowest BCUT2D eigenvalue weighted by Gasteiger charge is -2.10. The van der Waals surface area contributed by atoms with Crippen molar-refractivity contribution in [2.24, 2.45) is 0 Å². The number of halogens is 2. The molecule has 2 rings (SSSR count). The number of anilines is 1. The predicted octanol–water partition coefficient (Wildman–Crippen LogP) is 3.26. The third-order valence-electron chi connectivity index (χ3n) is 2.19. The topological polar surface area (TPSA) is 57.4 Å². The van der Waals surface area contributed by atoms with Crippen LogP contribution in [0.15, 0.2) is 30.6 Å². The molecule has 1 aromatic carbocycles. The zero-order valence-corrected chi connectivity index (χ0v) is 10.2. The second kappa shape index (κ2) is 5.10. The summed E-state index contributed by atoms with van der Waals surface area (Å²) in [6.45, 7) is 0. The van der Waals surface area contributed by atoms with E-state index in [1.54, 1.807) is 6.07 Å². The molecule has 0 saturated heterocycles. The van der Waals surface area contributed by atoms with E-state index in [1.165, 1.54) is 25.6 Å². The minimum Gasteiger partial charge on any atom is -0.494 e. The molecule has 0 spiro atoms. The highest BCUT2D eigenvalue weighted by Gasteiger charge is 2.10. The summed E-state index contributed by atoms with van der Waals surface area (Å²) in [6.07, 6.45) is 2.95. The van der Waals surface area contributed by atoms with E-state index in [2.05, 4.69) is 4.98 Å². The lowest BCUT2D eigenvalue weighted by Crippen LogP contribution is -1.96. The van der Waals surface area contributed by atoms with Gasteiger partial charge in [0.15, 0.2) is 17.3 Å². The molecule has 0 radical (unpaired) electrons. The molecular formula is C12H10ClFN2O2. The monoisotopic (exact) mass is 268 g/mol. The van der Waals surface area contributed by atoms with Crippen LogP contribution in [0.5, 0.6) is 17.2 Å². The largest absolute Gasteiger partial charge is 0.494 e. The number of nitrogens with zero attached hydrogens (tertiary/aromatic N) is 1. The number of nitrogens with two attached hydrogens (primary N) is 1. The number of rotatable bonds is 3. The van der Waals surface area contributed by atoms with Crippen LogP contribution in [0.1, 0.15) is 0 Å². The average molecular weight is 269 g/mol. The molecule has 1 aromatic heterocycles. The average Bonchev–Trinajstić information content (AvgIpc) is 2.33. The quantitative estimate of drug-likeness (QED) is 0.868. The van der Waals surface area contributed by atoms with Crippen LogP contribution >= 0.6 is 11.6 Å². The van der Waals surface area contributed by atoms with Crippen LogP contribution in [0.25, 0.3) is 0 Å². The summed E-state index contributed by atoms with van der Waals surface area (Å²) >= 11 is 5.78. The molecule has 0 saturated carbocycles. The molecular weight excluding hydrogens is 259 g/mol. The molecule has 0 aliphatic carbocycles. The van der Waals surface area contributed by atoms with E-state index in [0.29, 0.717) is 10.8 Å². The van der Waals surface area contributed by atoms with Crippen LogP contribution in [0.4, 0.5) is 10.1 Å². The van der Waals surface area contributed by atoms with Gasteiger partial charge in [-0.05, 0) is 0 Å². The number of ether oxygens (including phenoxy) is 2. The Morgan fingerprint density at radius 3 is 2.67 bits per heavy atom. The molecule has 0 fully saturated rings. The predicted molar refractivity (Wildman–Crippen MR) is 66.7 cm³/mol. The van der Waals surface area contributed by atoms with Crippen molar-refractivity contribution in [3.8, 4) is 17.2 Å². The van der Waals surface area contributed by atoms with Crippen molar-refractivity contribution in [1.82, 2.24) is 4.98 Å². The maximum absolute atomic E-state index is 13.3. The fourth-order valence-electron chi connectivity index (χ4n) is 1.37. The van der Waals surface area contributed by atoms with E-state index in [4.69, 9.17) is 26.8 Å². The molecule has 2 N–H and O–H groups in total. The Morgan fingerprint density at radius 2 is 2.00 bits per heavy atom. The smallest absolute Gasteiger partial charge is 0.167 e. The molecule has 2 aromatic rings. The Morgan fingerprint density at radius 1 is 1.22 bits per heavy atom. The number of hydrogen-bond donors (Lipinski definition) is 1. The maximum Gasteiger partial charge on any atom is 0.167 e. The summed E-state index contributed by atoms with van der Waals surface area (Å²) in [7, 11) is 1.36. The van der Waals surface area contributed by atoms with Crippen LogP contribution in [0, 0.1) is 5.82 Å². The molecule has 0 aliphatic rings. The zero-order chi connectivity index (χ0) is 13.1. The van der Waals surface area contributed by atoms with E-state index in [0.717, 1.165) is 6.07 Å². The summed E-state index contributed by atoms with van der Waals surface area (Å²) in [4.78, 5) is 3.87. The first kappa shape index (κ1) is 12.4. The van der Waals surface area contributed by atoms with Crippen LogP contribution in [-0.2, 0) is 0 Å². The van der Waals surface area contributed by atoms with Crippen LogP contribution < -0.4 is 15.2 Å². The molecule has 1 heterocycles. The van der Waals surface area contributed by atoms with Gasteiger partial charge in [-0.3, -0.25) is 4.98 Å². The number of pyridine rings is 1. The van der Waals surface area contributed by atoms with Crippen molar-refractivity contribution in [1.29, 1.82) is 0 Å². The number of hydrogen-bond acceptors (Lipinski definition) is 4. The van der Waals surface area contributed by atoms with Gasteiger partial charge in [0.25, 0.3) is 0 Å². The first-order valence-corrected chi connectivity index (χ1v) is 5.39. The molecule has 4 nitrogen and oxygen atoms in total. The molecule has 0 atom stereocenters. The minimum atomic E-state index is -0.549. The maximum atomic E-state index is 13.3. The Bertz CT molecular complexity index is 578. The van der Waals surface area contributed by atoms with Gasteiger partial charge in [-0.1, -0.05) is 11.6 Å². The van der Waals surface area contributed by atoms with Crippen molar-refractivity contribution in [2.75, 3.05) is 12.8 Å². The fraction of sp³-hybridized carbons (Fsp3) is 0.0833. The number of benzene rings is 1. The van der Waals surface area contributed by atoms with E-state index >= 15 is 0 Å². The fourth-order valence-corrected chi connectivity index (χ4v) is 1.53. The lowest BCUT2D eigenvalue weighted by molar-refractivity contribution is 0.382. The molecule has 6 heteroatoms. The van der Waals surface area contributed by atoms with Crippen LogP contribution in [-0.4, -0.2) is 12.1 Å². The van der Waals surface area contributed by atoms with Gasteiger partial charge in [0.1, 0.15) is 5.75 Å². The van der Waals surface area contributed by atoms with Gasteiger partial charge >= 0.3 is 0 Å². The first-order chi connectivity index (χ1) is 8.60. The highest BCUT2D eigenvalue weighted by molar-refractivity contribution is 6.30. The normalized spacial score (nSPS) is 10.2. The Hall–Kier alpha value is -2.01. The third-order valence-corrected chi connectivity index (χ3v) is 2.40. The summed E-state index contributed by atoms with van der Waals surface area (Å²) in [6, 6.07) is 4.07. The third kappa shape index (κ3) is 2.62. The molecule has 0 amide bonds. The van der Waals surface area contributed by atoms with Gasteiger partial charge in [-0.15, -0.1) is 0 Å². The van der Waals surface area contributed by atoms with Crippen LogP contribution in [0.2, 0.25) is 5.02 Å². The number of aromatic nitrogens is 1. The molecule has 94 valence electrons. The van der Waals surface area contributed by atoms with E-state index in [1.807, 2.05) is 0 Å². The van der Waals surface area contributed by atoms with Crippen molar-refractivity contribution < 1.29 is 13.9 Å². The molecule has 0 bridgehead atoms. The molecule has 0 aliphatic heterocycles. The second-order valence-electron chi connectivity index (χ2n) is 3.47. The second-order valence-corrected chi connectivity index (χ2v) is 3.90. The van der Waals surface area contributed by atoms with Crippen molar-refractivity contribution >= 4 is 17.3 Å². The van der Waals surface area contributed by atoms with E-state index in [9.17, 15) is 4.39 Å². The first-order valence-electron chi connectivity index (χ1n) is 5.01. The summed E-state index contributed by atoms with van der Waals surface area (Å²) < 4.78 is 23.7. The van der Waals surface area contributed by atoms with Gasteiger partial charge in [0.2, 0.25) is 0 Å². The highest BCUT2D eigenvalue weighted by Crippen LogP contribution is 2.33. The Balaban J connectivity index is 2.34. The van der Waals surface area contributed by atoms with Crippen molar-refractivity contribution in [3.05, 3.63) is 41.4 Å². The standard InChI is InChI=1S/C12H10ClFN2O2/c1-17-11-4-12(10(15)3-9(11)14)18-8-2-7(13)5-16-6-8/h2-6H,15H2,1H3.